The highest BCUT2D eigenvalue weighted by atomic mass is 32.2. The molecule has 0 saturated heterocycles. The smallest absolute Gasteiger partial charge is 0.240 e. The van der Waals surface area contributed by atoms with Crippen molar-refractivity contribution in [2.45, 2.75) is 24.5 Å². The summed E-state index contributed by atoms with van der Waals surface area (Å²) in [6, 6.07) is 7.91. The third-order valence-corrected chi connectivity index (χ3v) is 4.46. The van der Waals surface area contributed by atoms with Gasteiger partial charge in [0.05, 0.1) is 23.2 Å². The number of hydrogen-bond donors (Lipinski definition) is 2. The van der Waals surface area contributed by atoms with Gasteiger partial charge in [0.2, 0.25) is 10.0 Å². The number of rotatable bonds is 5. The standard InChI is InChI=1S/C13H17N3O3S/c1-10(17)11-3-5-13(6-4-11)20(18,19)15-9-12-7-8-14-16(12)2/h3-8,10,15,17H,9H2,1-2H3. The molecule has 0 bridgehead atoms. The van der Waals surface area contributed by atoms with Crippen molar-refractivity contribution in [2.24, 2.45) is 7.05 Å². The van der Waals surface area contributed by atoms with Crippen LogP contribution in [0.15, 0.2) is 41.4 Å². The molecular weight excluding hydrogens is 278 g/mol. The molecule has 20 heavy (non-hydrogen) atoms. The van der Waals surface area contributed by atoms with Gasteiger partial charge < -0.3 is 5.11 Å². The van der Waals surface area contributed by atoms with Crippen LogP contribution in [0.25, 0.3) is 0 Å². The highest BCUT2D eigenvalue weighted by Crippen LogP contribution is 2.16. The topological polar surface area (TPSA) is 84.2 Å². The van der Waals surface area contributed by atoms with Gasteiger partial charge in [-0.15, -0.1) is 0 Å². The molecule has 1 atom stereocenters. The summed E-state index contributed by atoms with van der Waals surface area (Å²) < 4.78 is 28.4. The molecule has 7 heteroatoms. The number of aliphatic hydroxyl groups excluding tert-OH is 1. The molecule has 0 aliphatic carbocycles. The van der Waals surface area contributed by atoms with Gasteiger partial charge in [0, 0.05) is 13.2 Å². The summed E-state index contributed by atoms with van der Waals surface area (Å²) >= 11 is 0. The van der Waals surface area contributed by atoms with Crippen LogP contribution in [0.1, 0.15) is 24.3 Å². The molecule has 0 aliphatic rings. The van der Waals surface area contributed by atoms with E-state index in [4.69, 9.17) is 0 Å². The molecule has 108 valence electrons. The maximum absolute atomic E-state index is 12.1. The normalized spacial score (nSPS) is 13.3. The fourth-order valence-corrected chi connectivity index (χ4v) is 2.75. The van der Waals surface area contributed by atoms with Crippen LogP contribution in [0.4, 0.5) is 0 Å². The van der Waals surface area contributed by atoms with E-state index in [1.54, 1.807) is 43.0 Å². The van der Waals surface area contributed by atoms with Gasteiger partial charge in [0.1, 0.15) is 0 Å². The summed E-state index contributed by atoms with van der Waals surface area (Å²) in [5.74, 6) is 0. The monoisotopic (exact) mass is 295 g/mol. The summed E-state index contributed by atoms with van der Waals surface area (Å²) in [5.41, 5.74) is 1.45. The van der Waals surface area contributed by atoms with Crippen molar-refractivity contribution in [1.29, 1.82) is 0 Å². The zero-order valence-corrected chi connectivity index (χ0v) is 12.1. The quantitative estimate of drug-likeness (QED) is 0.860. The van der Waals surface area contributed by atoms with E-state index in [1.165, 1.54) is 12.1 Å². The van der Waals surface area contributed by atoms with Crippen LogP contribution in [0.2, 0.25) is 0 Å². The van der Waals surface area contributed by atoms with Gasteiger partial charge >= 0.3 is 0 Å². The Balaban J connectivity index is 2.12. The number of nitrogens with zero attached hydrogens (tertiary/aromatic N) is 2. The van der Waals surface area contributed by atoms with E-state index in [0.717, 1.165) is 5.69 Å². The van der Waals surface area contributed by atoms with E-state index < -0.39 is 16.1 Å². The maximum Gasteiger partial charge on any atom is 0.240 e. The largest absolute Gasteiger partial charge is 0.389 e. The van der Waals surface area contributed by atoms with Crippen molar-refractivity contribution in [3.63, 3.8) is 0 Å². The molecule has 1 aromatic carbocycles. The first-order valence-corrected chi connectivity index (χ1v) is 7.63. The molecule has 2 N–H and O–H groups in total. The molecule has 6 nitrogen and oxygen atoms in total. The first-order chi connectivity index (χ1) is 9.40. The van der Waals surface area contributed by atoms with E-state index in [0.29, 0.717) is 5.56 Å². The molecule has 1 aromatic heterocycles. The Labute approximate surface area is 118 Å². The number of sulfonamides is 1. The first kappa shape index (κ1) is 14.7. The van der Waals surface area contributed by atoms with Gasteiger partial charge in [-0.25, -0.2) is 13.1 Å². The molecular formula is C13H17N3O3S. The lowest BCUT2D eigenvalue weighted by atomic mass is 10.1. The first-order valence-electron chi connectivity index (χ1n) is 6.15. The zero-order valence-electron chi connectivity index (χ0n) is 11.3. The molecule has 0 radical (unpaired) electrons. The summed E-state index contributed by atoms with van der Waals surface area (Å²) in [5, 5.41) is 13.4. The Bertz CT molecular complexity index is 675. The highest BCUT2D eigenvalue weighted by Gasteiger charge is 2.14. The molecule has 0 fully saturated rings. The maximum atomic E-state index is 12.1. The van der Waals surface area contributed by atoms with Crippen molar-refractivity contribution in [1.82, 2.24) is 14.5 Å². The Hall–Kier alpha value is -1.70. The second-order valence-electron chi connectivity index (χ2n) is 4.52. The predicted octanol–water partition coefficient (Wildman–Crippen LogP) is 0.952. The van der Waals surface area contributed by atoms with Gasteiger partial charge in [-0.2, -0.15) is 5.10 Å². The zero-order chi connectivity index (χ0) is 14.8. The molecule has 0 spiro atoms. The number of hydrogen-bond acceptors (Lipinski definition) is 4. The summed E-state index contributed by atoms with van der Waals surface area (Å²) in [6.45, 7) is 1.81. The van der Waals surface area contributed by atoms with Crippen LogP contribution >= 0.6 is 0 Å². The van der Waals surface area contributed by atoms with Crippen molar-refractivity contribution in [2.75, 3.05) is 0 Å². The minimum absolute atomic E-state index is 0.170. The number of aryl methyl sites for hydroxylation is 1. The minimum Gasteiger partial charge on any atom is -0.389 e. The third kappa shape index (κ3) is 3.24. The highest BCUT2D eigenvalue weighted by molar-refractivity contribution is 7.89. The van der Waals surface area contributed by atoms with E-state index in [2.05, 4.69) is 9.82 Å². The van der Waals surface area contributed by atoms with Crippen LogP contribution in [0.3, 0.4) is 0 Å². The molecule has 1 unspecified atom stereocenters. The predicted molar refractivity (Wildman–Crippen MR) is 74.3 cm³/mol. The average Bonchev–Trinajstić information content (AvgIpc) is 2.82. The molecule has 0 saturated carbocycles. The number of benzene rings is 1. The van der Waals surface area contributed by atoms with E-state index in [1.807, 2.05) is 0 Å². The lowest BCUT2D eigenvalue weighted by molar-refractivity contribution is 0.199. The van der Waals surface area contributed by atoms with Crippen molar-refractivity contribution in [3.8, 4) is 0 Å². The van der Waals surface area contributed by atoms with Crippen molar-refractivity contribution < 1.29 is 13.5 Å². The van der Waals surface area contributed by atoms with E-state index >= 15 is 0 Å². The van der Waals surface area contributed by atoms with Crippen molar-refractivity contribution in [3.05, 3.63) is 47.8 Å². The molecule has 0 amide bonds. The Morgan fingerprint density at radius 2 is 1.95 bits per heavy atom. The summed E-state index contributed by atoms with van der Waals surface area (Å²) in [4.78, 5) is 0.170. The SMILES string of the molecule is CC(O)c1ccc(S(=O)(=O)NCc2ccnn2C)cc1. The van der Waals surface area contributed by atoms with Crippen LogP contribution in [-0.2, 0) is 23.6 Å². The summed E-state index contributed by atoms with van der Waals surface area (Å²) in [7, 11) is -1.82. The van der Waals surface area contributed by atoms with E-state index in [-0.39, 0.29) is 11.4 Å². The number of aliphatic hydroxyl groups is 1. The number of nitrogens with one attached hydrogen (secondary N) is 1. The van der Waals surface area contributed by atoms with Crippen LogP contribution in [0, 0.1) is 0 Å². The fourth-order valence-electron chi connectivity index (χ4n) is 1.75. The minimum atomic E-state index is -3.57. The fraction of sp³-hybridized carbons (Fsp3) is 0.308. The average molecular weight is 295 g/mol. The Morgan fingerprint density at radius 1 is 1.30 bits per heavy atom. The van der Waals surface area contributed by atoms with Gasteiger partial charge in [-0.3, -0.25) is 4.68 Å². The van der Waals surface area contributed by atoms with Gasteiger partial charge in [-0.1, -0.05) is 12.1 Å². The van der Waals surface area contributed by atoms with Crippen LogP contribution < -0.4 is 4.72 Å². The second kappa shape index (κ2) is 5.74. The Kier molecular flexibility index (Phi) is 4.22. The van der Waals surface area contributed by atoms with Crippen LogP contribution in [-0.4, -0.2) is 23.3 Å². The van der Waals surface area contributed by atoms with Gasteiger partial charge in [0.15, 0.2) is 0 Å². The molecule has 0 aliphatic heterocycles. The summed E-state index contributed by atoms with van der Waals surface area (Å²) in [6.07, 6.45) is 0.996. The second-order valence-corrected chi connectivity index (χ2v) is 6.28. The van der Waals surface area contributed by atoms with Gasteiger partial charge in [-0.05, 0) is 30.7 Å². The third-order valence-electron chi connectivity index (χ3n) is 3.04. The van der Waals surface area contributed by atoms with E-state index in [9.17, 15) is 13.5 Å². The van der Waals surface area contributed by atoms with Crippen molar-refractivity contribution >= 4 is 10.0 Å². The van der Waals surface area contributed by atoms with Crippen LogP contribution in [0.5, 0.6) is 0 Å². The lowest BCUT2D eigenvalue weighted by Gasteiger charge is -2.09. The van der Waals surface area contributed by atoms with Gasteiger partial charge in [0.25, 0.3) is 0 Å². The lowest BCUT2D eigenvalue weighted by Crippen LogP contribution is -2.24. The molecule has 2 aromatic rings. The Morgan fingerprint density at radius 3 is 2.45 bits per heavy atom. The molecule has 1 heterocycles. The number of aromatic nitrogens is 2. The molecule has 2 rings (SSSR count).